The Morgan fingerprint density at radius 2 is 1.93 bits per heavy atom. The second kappa shape index (κ2) is 8.39. The maximum atomic E-state index is 11.2. The standard InChI is InChI=1S/C16H22N4O8/c1-3-10(2)18-15(24)14(22,23)16(25,28-27-15)26-12-7-4-11(5-8-12)6-9-13(21)19-20-17/h4-5,7-8,10,18,22-25H,3,6,9H2,1-2H3. The molecule has 5 N–H and O–H groups in total. The number of nitrogens with one attached hydrogen (secondary N) is 1. The van der Waals surface area contributed by atoms with E-state index in [2.05, 4.69) is 25.1 Å². The van der Waals surface area contributed by atoms with Gasteiger partial charge in [-0.1, -0.05) is 19.1 Å². The van der Waals surface area contributed by atoms with E-state index in [1.807, 2.05) is 0 Å². The summed E-state index contributed by atoms with van der Waals surface area (Å²) in [5.41, 5.74) is 8.88. The molecule has 12 nitrogen and oxygen atoms in total. The van der Waals surface area contributed by atoms with Gasteiger partial charge in [0, 0.05) is 17.4 Å². The summed E-state index contributed by atoms with van der Waals surface area (Å²) < 4.78 is 5.08. The Labute approximate surface area is 159 Å². The van der Waals surface area contributed by atoms with Crippen molar-refractivity contribution in [3.8, 4) is 5.75 Å². The van der Waals surface area contributed by atoms with Crippen molar-refractivity contribution in [1.29, 1.82) is 0 Å². The van der Waals surface area contributed by atoms with Crippen LogP contribution in [0, 0.1) is 0 Å². The van der Waals surface area contributed by atoms with E-state index in [0.717, 1.165) is 0 Å². The van der Waals surface area contributed by atoms with Gasteiger partial charge in [0.1, 0.15) is 5.75 Å². The van der Waals surface area contributed by atoms with E-state index in [0.29, 0.717) is 18.4 Å². The topological polar surface area (TPSA) is 186 Å². The second-order valence-corrected chi connectivity index (χ2v) is 6.35. The summed E-state index contributed by atoms with van der Waals surface area (Å²) in [6, 6.07) is 5.40. The fraction of sp³-hybridized carbons (Fsp3) is 0.562. The SMILES string of the molecule is CCC(C)NC1(O)OOC(O)(Oc2ccc(CCC(=O)N=[N+]=[N-])cc2)C1(O)O. The molecule has 2 rings (SSSR count). The van der Waals surface area contributed by atoms with Gasteiger partial charge in [-0.15, -0.1) is 4.89 Å². The van der Waals surface area contributed by atoms with Gasteiger partial charge in [-0.2, -0.15) is 4.89 Å². The Kier molecular flexibility index (Phi) is 6.59. The molecule has 0 radical (unpaired) electrons. The minimum absolute atomic E-state index is 0.00978. The van der Waals surface area contributed by atoms with Gasteiger partial charge in [-0.25, -0.2) is 0 Å². The summed E-state index contributed by atoms with van der Waals surface area (Å²) in [6.45, 7) is 3.42. The first-order valence-electron chi connectivity index (χ1n) is 8.47. The summed E-state index contributed by atoms with van der Waals surface area (Å²) in [5.74, 6) is -10.0. The first-order chi connectivity index (χ1) is 13.1. The summed E-state index contributed by atoms with van der Waals surface area (Å²) in [7, 11) is 0. The zero-order valence-corrected chi connectivity index (χ0v) is 15.3. The third-order valence-electron chi connectivity index (χ3n) is 4.21. The van der Waals surface area contributed by atoms with Gasteiger partial charge in [0.25, 0.3) is 0 Å². The molecule has 0 aromatic heterocycles. The van der Waals surface area contributed by atoms with E-state index >= 15 is 0 Å². The molecule has 3 atom stereocenters. The number of aliphatic hydroxyl groups is 4. The number of carbonyl (C=O) groups excluding carboxylic acids is 1. The van der Waals surface area contributed by atoms with Gasteiger partial charge in [0.2, 0.25) is 5.91 Å². The van der Waals surface area contributed by atoms with Crippen LogP contribution in [-0.4, -0.2) is 50.0 Å². The first-order valence-corrected chi connectivity index (χ1v) is 8.47. The molecular weight excluding hydrogens is 376 g/mol. The largest absolute Gasteiger partial charge is 0.433 e. The smallest absolute Gasteiger partial charge is 0.416 e. The number of benzene rings is 1. The lowest BCUT2D eigenvalue weighted by atomic mass is 10.1. The number of nitrogens with zero attached hydrogens (tertiary/aromatic N) is 3. The lowest BCUT2D eigenvalue weighted by Gasteiger charge is -2.35. The fourth-order valence-corrected chi connectivity index (χ4v) is 2.33. The summed E-state index contributed by atoms with van der Waals surface area (Å²) in [6.07, 6.45) is 0.811. The van der Waals surface area contributed by atoms with E-state index in [1.54, 1.807) is 13.8 Å². The quantitative estimate of drug-likeness (QED) is 0.134. The van der Waals surface area contributed by atoms with Gasteiger partial charge >= 0.3 is 17.7 Å². The van der Waals surface area contributed by atoms with Crippen LogP contribution in [0.1, 0.15) is 32.3 Å². The third kappa shape index (κ3) is 4.41. The van der Waals surface area contributed by atoms with Crippen LogP contribution < -0.4 is 10.1 Å². The van der Waals surface area contributed by atoms with Crippen LogP contribution in [0.5, 0.6) is 5.75 Å². The van der Waals surface area contributed by atoms with Crippen molar-refractivity contribution in [3.63, 3.8) is 0 Å². The van der Waals surface area contributed by atoms with Gasteiger partial charge in [-0.3, -0.25) is 10.1 Å². The van der Waals surface area contributed by atoms with Crippen LogP contribution >= 0.6 is 0 Å². The number of azide groups is 1. The van der Waals surface area contributed by atoms with Crippen LogP contribution in [0.3, 0.4) is 0 Å². The molecule has 12 heteroatoms. The minimum Gasteiger partial charge on any atom is -0.433 e. The molecule has 1 amide bonds. The molecule has 0 bridgehead atoms. The molecule has 0 spiro atoms. The predicted molar refractivity (Wildman–Crippen MR) is 91.7 cm³/mol. The van der Waals surface area contributed by atoms with Gasteiger partial charge in [-0.05, 0) is 48.1 Å². The summed E-state index contributed by atoms with van der Waals surface area (Å²) in [5, 5.41) is 46.4. The molecule has 1 aromatic carbocycles. The Morgan fingerprint density at radius 3 is 2.50 bits per heavy atom. The highest BCUT2D eigenvalue weighted by molar-refractivity contribution is 5.76. The van der Waals surface area contributed by atoms with Gasteiger partial charge < -0.3 is 25.2 Å². The number of amides is 1. The molecule has 0 saturated carbocycles. The van der Waals surface area contributed by atoms with Crippen LogP contribution in [0.15, 0.2) is 29.4 Å². The van der Waals surface area contributed by atoms with E-state index in [9.17, 15) is 25.2 Å². The number of aryl methyl sites for hydroxylation is 1. The Bertz CT molecular complexity index is 752. The summed E-state index contributed by atoms with van der Waals surface area (Å²) >= 11 is 0. The van der Waals surface area contributed by atoms with Crippen molar-refractivity contribution in [3.05, 3.63) is 40.3 Å². The van der Waals surface area contributed by atoms with E-state index in [4.69, 9.17) is 10.3 Å². The highest BCUT2D eigenvalue weighted by Crippen LogP contribution is 2.41. The zero-order chi connectivity index (χ0) is 21.0. The van der Waals surface area contributed by atoms with Crippen LogP contribution in [0.25, 0.3) is 10.4 Å². The number of carbonyl (C=O) groups is 1. The van der Waals surface area contributed by atoms with Crippen LogP contribution in [0.2, 0.25) is 0 Å². The first kappa shape index (κ1) is 22.0. The normalized spacial score (nSPS) is 27.1. The fourth-order valence-electron chi connectivity index (χ4n) is 2.33. The third-order valence-corrected chi connectivity index (χ3v) is 4.21. The van der Waals surface area contributed by atoms with Gasteiger partial charge in [0.05, 0.1) is 0 Å². The van der Waals surface area contributed by atoms with E-state index in [1.165, 1.54) is 24.3 Å². The predicted octanol–water partition coefficient (Wildman–Crippen LogP) is 0.158. The second-order valence-electron chi connectivity index (χ2n) is 6.35. The maximum Gasteiger partial charge on any atom is 0.416 e. The molecule has 154 valence electrons. The molecule has 1 aliphatic rings. The average molecular weight is 398 g/mol. The van der Waals surface area contributed by atoms with Crippen LogP contribution in [-0.2, 0) is 21.0 Å². The lowest BCUT2D eigenvalue weighted by molar-refractivity contribution is -0.473. The average Bonchev–Trinajstić information content (AvgIpc) is 2.81. The van der Waals surface area contributed by atoms with Crippen molar-refractivity contribution in [2.75, 3.05) is 0 Å². The minimum atomic E-state index is -3.39. The molecule has 1 fully saturated rings. The molecule has 0 aliphatic carbocycles. The summed E-state index contributed by atoms with van der Waals surface area (Å²) in [4.78, 5) is 22.6. The molecule has 1 aliphatic heterocycles. The van der Waals surface area contributed by atoms with E-state index < -0.39 is 29.6 Å². The van der Waals surface area contributed by atoms with Crippen molar-refractivity contribution < 1.29 is 39.7 Å². The number of hydrogen-bond donors (Lipinski definition) is 5. The molecular formula is C16H22N4O8. The molecule has 3 unspecified atom stereocenters. The van der Waals surface area contributed by atoms with Crippen molar-refractivity contribution in [2.24, 2.45) is 5.11 Å². The molecule has 1 heterocycles. The Hall–Kier alpha value is -2.28. The molecule has 1 saturated heterocycles. The molecule has 1 aromatic rings. The van der Waals surface area contributed by atoms with Crippen molar-refractivity contribution in [2.45, 2.75) is 56.8 Å². The monoisotopic (exact) mass is 398 g/mol. The highest BCUT2D eigenvalue weighted by atomic mass is 17.3. The van der Waals surface area contributed by atoms with Crippen molar-refractivity contribution in [1.82, 2.24) is 5.32 Å². The van der Waals surface area contributed by atoms with Crippen LogP contribution in [0.4, 0.5) is 0 Å². The van der Waals surface area contributed by atoms with E-state index in [-0.39, 0.29) is 12.2 Å². The number of rotatable bonds is 8. The lowest BCUT2D eigenvalue weighted by Crippen LogP contribution is -2.71. The van der Waals surface area contributed by atoms with Crippen molar-refractivity contribution >= 4 is 5.91 Å². The Balaban J connectivity index is 2.08. The number of ether oxygens (including phenoxy) is 1. The van der Waals surface area contributed by atoms with Gasteiger partial charge in [0.15, 0.2) is 0 Å². The maximum absolute atomic E-state index is 11.2. The molecule has 28 heavy (non-hydrogen) atoms. The number of hydrogen-bond acceptors (Lipinski definition) is 9. The highest BCUT2D eigenvalue weighted by Gasteiger charge is 2.75. The Morgan fingerprint density at radius 1 is 1.29 bits per heavy atom. The zero-order valence-electron chi connectivity index (χ0n) is 15.3.